The molecule has 1 atom stereocenters. The Hall–Kier alpha value is -2.78. The molecule has 4 amide bonds. The number of aliphatic hydroxyl groups is 1. The fraction of sp³-hybridized carbons (Fsp3) is 0.500. The number of carbonyl (C=O) groups excluding carboxylic acids is 4. The third-order valence-corrected chi connectivity index (χ3v) is 5.79. The van der Waals surface area contributed by atoms with Crippen LogP contribution >= 0.6 is 0 Å². The van der Waals surface area contributed by atoms with Gasteiger partial charge >= 0.3 is 0 Å². The van der Waals surface area contributed by atoms with Gasteiger partial charge in [-0.2, -0.15) is 0 Å². The number of aliphatic hydroxyl groups excluding tert-OH is 1. The first-order valence-corrected chi connectivity index (χ1v) is 9.93. The summed E-state index contributed by atoms with van der Waals surface area (Å²) in [6.45, 7) is 4.37. The lowest BCUT2D eigenvalue weighted by atomic mass is 10.0. The minimum absolute atomic E-state index is 0.107. The van der Waals surface area contributed by atoms with Crippen LogP contribution in [0, 0.1) is 0 Å². The number of carbonyl (C=O) groups is 4. The van der Waals surface area contributed by atoms with E-state index in [1.54, 1.807) is 12.1 Å². The van der Waals surface area contributed by atoms with Gasteiger partial charge in [0, 0.05) is 51.4 Å². The maximum absolute atomic E-state index is 12.9. The quantitative estimate of drug-likeness (QED) is 0.647. The monoisotopic (exact) mass is 400 g/mol. The van der Waals surface area contributed by atoms with Gasteiger partial charge in [-0.15, -0.1) is 0 Å². The van der Waals surface area contributed by atoms with Crippen molar-refractivity contribution in [2.75, 3.05) is 44.2 Å². The molecule has 0 bridgehead atoms. The Bertz CT molecular complexity index is 862. The van der Waals surface area contributed by atoms with Gasteiger partial charge < -0.3 is 10.0 Å². The van der Waals surface area contributed by atoms with E-state index in [1.165, 1.54) is 0 Å². The van der Waals surface area contributed by atoms with E-state index in [2.05, 4.69) is 15.1 Å². The Labute approximate surface area is 168 Å². The van der Waals surface area contributed by atoms with Gasteiger partial charge in [0.2, 0.25) is 11.8 Å². The summed E-state index contributed by atoms with van der Waals surface area (Å²) in [5.74, 6) is -1.96. The molecule has 9 nitrogen and oxygen atoms in total. The SMILES string of the molecule is O=C1CCC(N2C(=O)c3ccc(N4CCN(CCCO)CC4)cc3C2=O)C(=O)N1. The normalized spacial score (nSPS) is 22.9. The highest BCUT2D eigenvalue weighted by atomic mass is 16.3. The summed E-state index contributed by atoms with van der Waals surface area (Å²) >= 11 is 0. The van der Waals surface area contributed by atoms with Gasteiger partial charge in [-0.1, -0.05) is 0 Å². The van der Waals surface area contributed by atoms with Crippen molar-refractivity contribution < 1.29 is 24.3 Å². The summed E-state index contributed by atoms with van der Waals surface area (Å²) in [4.78, 5) is 54.7. The van der Waals surface area contributed by atoms with Crippen LogP contribution in [0.15, 0.2) is 18.2 Å². The number of amides is 4. The minimum Gasteiger partial charge on any atom is -0.396 e. The zero-order valence-electron chi connectivity index (χ0n) is 16.1. The molecule has 1 aromatic rings. The lowest BCUT2D eigenvalue weighted by molar-refractivity contribution is -0.136. The number of imide groups is 2. The van der Waals surface area contributed by atoms with Crippen molar-refractivity contribution in [3.05, 3.63) is 29.3 Å². The number of piperidine rings is 1. The van der Waals surface area contributed by atoms with Crippen molar-refractivity contribution in [2.24, 2.45) is 0 Å². The largest absolute Gasteiger partial charge is 0.396 e. The lowest BCUT2D eigenvalue weighted by Crippen LogP contribution is -2.54. The number of benzene rings is 1. The molecule has 2 saturated heterocycles. The van der Waals surface area contributed by atoms with Crippen molar-refractivity contribution in [3.8, 4) is 0 Å². The van der Waals surface area contributed by atoms with Crippen LogP contribution in [0.1, 0.15) is 40.0 Å². The van der Waals surface area contributed by atoms with Crippen molar-refractivity contribution in [1.82, 2.24) is 15.1 Å². The number of piperazine rings is 1. The highest BCUT2D eigenvalue weighted by molar-refractivity contribution is 6.23. The molecule has 2 N–H and O–H groups in total. The number of hydrogen-bond donors (Lipinski definition) is 2. The second-order valence-corrected chi connectivity index (χ2v) is 7.58. The molecule has 0 spiro atoms. The van der Waals surface area contributed by atoms with Crippen molar-refractivity contribution in [3.63, 3.8) is 0 Å². The molecule has 9 heteroatoms. The molecule has 3 heterocycles. The van der Waals surface area contributed by atoms with Crippen LogP contribution in [0.5, 0.6) is 0 Å². The van der Waals surface area contributed by atoms with Gasteiger partial charge in [0.05, 0.1) is 11.1 Å². The molecule has 29 heavy (non-hydrogen) atoms. The zero-order valence-corrected chi connectivity index (χ0v) is 16.1. The first-order valence-electron chi connectivity index (χ1n) is 9.93. The van der Waals surface area contributed by atoms with Crippen molar-refractivity contribution >= 4 is 29.3 Å². The maximum Gasteiger partial charge on any atom is 0.262 e. The summed E-state index contributed by atoms with van der Waals surface area (Å²) in [6, 6.07) is 4.26. The molecular weight excluding hydrogens is 376 g/mol. The van der Waals surface area contributed by atoms with E-state index in [0.717, 1.165) is 49.7 Å². The van der Waals surface area contributed by atoms with Gasteiger partial charge in [-0.05, 0) is 31.0 Å². The van der Waals surface area contributed by atoms with Crippen LogP contribution in [0.25, 0.3) is 0 Å². The Morgan fingerprint density at radius 3 is 2.41 bits per heavy atom. The molecule has 0 radical (unpaired) electrons. The average Bonchev–Trinajstić information content (AvgIpc) is 2.97. The third-order valence-electron chi connectivity index (χ3n) is 5.79. The number of nitrogens with one attached hydrogen (secondary N) is 1. The van der Waals surface area contributed by atoms with Crippen molar-refractivity contribution in [2.45, 2.75) is 25.3 Å². The van der Waals surface area contributed by atoms with Gasteiger partial charge in [-0.25, -0.2) is 0 Å². The molecule has 3 aliphatic heterocycles. The van der Waals surface area contributed by atoms with Crippen LogP contribution in [0.3, 0.4) is 0 Å². The zero-order chi connectivity index (χ0) is 20.5. The number of rotatable bonds is 5. The first kappa shape index (κ1) is 19.5. The van der Waals surface area contributed by atoms with E-state index in [0.29, 0.717) is 11.1 Å². The van der Waals surface area contributed by atoms with E-state index in [1.807, 2.05) is 6.07 Å². The lowest BCUT2D eigenvalue weighted by Gasteiger charge is -2.36. The van der Waals surface area contributed by atoms with E-state index in [9.17, 15) is 19.2 Å². The molecule has 0 aliphatic carbocycles. The topological polar surface area (TPSA) is 110 Å². The van der Waals surface area contributed by atoms with Crippen LogP contribution < -0.4 is 10.2 Å². The van der Waals surface area contributed by atoms with E-state index in [4.69, 9.17) is 5.11 Å². The smallest absolute Gasteiger partial charge is 0.262 e. The average molecular weight is 400 g/mol. The molecular formula is C20H24N4O5. The van der Waals surface area contributed by atoms with Gasteiger partial charge in [0.1, 0.15) is 6.04 Å². The fourth-order valence-electron chi connectivity index (χ4n) is 4.18. The summed E-state index contributed by atoms with van der Waals surface area (Å²) in [5.41, 5.74) is 1.47. The second kappa shape index (κ2) is 7.92. The summed E-state index contributed by atoms with van der Waals surface area (Å²) in [5, 5.41) is 11.2. The predicted molar refractivity (Wildman–Crippen MR) is 103 cm³/mol. The third kappa shape index (κ3) is 3.63. The maximum atomic E-state index is 12.9. The van der Waals surface area contributed by atoms with E-state index >= 15 is 0 Å². The first-order chi connectivity index (χ1) is 14.0. The van der Waals surface area contributed by atoms with Crippen LogP contribution in [0.2, 0.25) is 0 Å². The van der Waals surface area contributed by atoms with E-state index in [-0.39, 0.29) is 25.4 Å². The van der Waals surface area contributed by atoms with Crippen LogP contribution in [-0.2, 0) is 9.59 Å². The fourth-order valence-corrected chi connectivity index (χ4v) is 4.18. The summed E-state index contributed by atoms with van der Waals surface area (Å²) in [6.07, 6.45) is 1.01. The highest BCUT2D eigenvalue weighted by Gasteiger charge is 2.44. The predicted octanol–water partition coefficient (Wildman–Crippen LogP) is -0.408. The van der Waals surface area contributed by atoms with Gasteiger partial charge in [0.15, 0.2) is 0 Å². The Morgan fingerprint density at radius 1 is 1.00 bits per heavy atom. The number of anilines is 1. The Morgan fingerprint density at radius 2 is 1.72 bits per heavy atom. The van der Waals surface area contributed by atoms with E-state index < -0.39 is 23.8 Å². The van der Waals surface area contributed by atoms with Crippen LogP contribution in [-0.4, -0.2) is 83.9 Å². The number of nitrogens with zero attached hydrogens (tertiary/aromatic N) is 3. The summed E-state index contributed by atoms with van der Waals surface area (Å²) in [7, 11) is 0. The Balaban J connectivity index is 1.49. The molecule has 1 aromatic carbocycles. The van der Waals surface area contributed by atoms with Gasteiger partial charge in [0.25, 0.3) is 11.8 Å². The molecule has 4 rings (SSSR count). The molecule has 2 fully saturated rings. The molecule has 0 saturated carbocycles. The molecule has 0 aromatic heterocycles. The van der Waals surface area contributed by atoms with Gasteiger partial charge in [-0.3, -0.25) is 34.3 Å². The molecule has 3 aliphatic rings. The van der Waals surface area contributed by atoms with Crippen LogP contribution in [0.4, 0.5) is 5.69 Å². The number of hydrogen-bond acceptors (Lipinski definition) is 7. The standard InChI is InChI=1S/C20H24N4O5/c25-11-1-6-22-7-9-23(10-8-22)13-2-3-14-15(12-13)20(29)24(19(14)28)16-4-5-17(26)21-18(16)27/h2-3,12,16,25H,1,4-11H2,(H,21,26,27). The van der Waals surface area contributed by atoms with Crippen molar-refractivity contribution in [1.29, 1.82) is 0 Å². The molecule has 154 valence electrons. The molecule has 1 unspecified atom stereocenters. The highest BCUT2D eigenvalue weighted by Crippen LogP contribution is 2.31. The summed E-state index contributed by atoms with van der Waals surface area (Å²) < 4.78 is 0. The Kier molecular flexibility index (Phi) is 5.33. The minimum atomic E-state index is -0.946. The second-order valence-electron chi connectivity index (χ2n) is 7.58. The number of fused-ring (bicyclic) bond motifs is 1.